The monoisotopic (exact) mass is 153 g/mol. The Labute approximate surface area is 66.0 Å². The van der Waals surface area contributed by atoms with Gasteiger partial charge in [-0.3, -0.25) is 0 Å². The lowest BCUT2D eigenvalue weighted by Gasteiger charge is -2.05. The second kappa shape index (κ2) is 2.91. The van der Waals surface area contributed by atoms with Crippen LogP contribution in [0.25, 0.3) is 0 Å². The van der Waals surface area contributed by atoms with Gasteiger partial charge in [0.25, 0.3) is 0 Å². The number of benzene rings is 1. The summed E-state index contributed by atoms with van der Waals surface area (Å²) in [7, 11) is 0. The molecule has 11 heavy (non-hydrogen) atoms. The molecule has 1 aromatic rings. The van der Waals surface area contributed by atoms with Crippen LogP contribution in [0.15, 0.2) is 12.1 Å². The minimum Gasteiger partial charge on any atom is -0.398 e. The highest BCUT2D eigenvalue weighted by Gasteiger charge is 2.02. The molecule has 2 N–H and O–H groups in total. The fraction of sp³-hybridized carbons (Fsp3) is 0.333. The third-order valence-corrected chi connectivity index (χ3v) is 1.82. The first kappa shape index (κ1) is 8.05. The molecule has 0 radical (unpaired) electrons. The fourth-order valence-electron chi connectivity index (χ4n) is 1.12. The number of hydrogen-bond donors (Lipinski definition) is 1. The Morgan fingerprint density at radius 1 is 1.45 bits per heavy atom. The van der Waals surface area contributed by atoms with Crippen molar-refractivity contribution >= 4 is 5.69 Å². The molecule has 0 aliphatic carbocycles. The quantitative estimate of drug-likeness (QED) is 0.615. The second-order valence-corrected chi connectivity index (χ2v) is 2.65. The molecule has 1 aromatic carbocycles. The molecular weight excluding hydrogens is 141 g/mol. The normalized spacial score (nSPS) is 10.1. The molecule has 0 aliphatic heterocycles. The van der Waals surface area contributed by atoms with Gasteiger partial charge in [-0.15, -0.1) is 0 Å². The topological polar surface area (TPSA) is 26.0 Å². The van der Waals surface area contributed by atoms with E-state index in [1.807, 2.05) is 13.8 Å². The van der Waals surface area contributed by atoms with Gasteiger partial charge in [-0.05, 0) is 36.6 Å². The number of aryl methyl sites for hydroxylation is 2. The van der Waals surface area contributed by atoms with Crippen LogP contribution in [-0.4, -0.2) is 0 Å². The SMILES string of the molecule is CCc1cc(F)cc(C)c1N. The predicted octanol–water partition coefficient (Wildman–Crippen LogP) is 2.28. The number of hydrogen-bond acceptors (Lipinski definition) is 1. The van der Waals surface area contributed by atoms with E-state index in [-0.39, 0.29) is 5.82 Å². The minimum absolute atomic E-state index is 0.200. The van der Waals surface area contributed by atoms with Crippen molar-refractivity contribution in [2.75, 3.05) is 5.73 Å². The van der Waals surface area contributed by atoms with Crippen LogP contribution in [0, 0.1) is 12.7 Å². The molecule has 0 aliphatic rings. The highest BCUT2D eigenvalue weighted by molar-refractivity contribution is 5.53. The maximum atomic E-state index is 12.7. The van der Waals surface area contributed by atoms with Gasteiger partial charge in [0.1, 0.15) is 5.82 Å². The highest BCUT2D eigenvalue weighted by Crippen LogP contribution is 2.18. The lowest BCUT2D eigenvalue weighted by atomic mass is 10.1. The van der Waals surface area contributed by atoms with Crippen molar-refractivity contribution in [2.45, 2.75) is 20.3 Å². The van der Waals surface area contributed by atoms with Crippen LogP contribution in [0.2, 0.25) is 0 Å². The summed E-state index contributed by atoms with van der Waals surface area (Å²) in [5.41, 5.74) is 8.12. The molecule has 0 spiro atoms. The zero-order chi connectivity index (χ0) is 8.43. The van der Waals surface area contributed by atoms with E-state index in [1.54, 1.807) is 0 Å². The maximum absolute atomic E-state index is 12.7. The molecule has 0 saturated heterocycles. The van der Waals surface area contributed by atoms with Gasteiger partial charge in [-0.2, -0.15) is 0 Å². The van der Waals surface area contributed by atoms with Gasteiger partial charge in [0, 0.05) is 5.69 Å². The minimum atomic E-state index is -0.200. The fourth-order valence-corrected chi connectivity index (χ4v) is 1.12. The first-order valence-electron chi connectivity index (χ1n) is 3.69. The third kappa shape index (κ3) is 1.50. The molecule has 0 heterocycles. The molecule has 2 heteroatoms. The second-order valence-electron chi connectivity index (χ2n) is 2.65. The summed E-state index contributed by atoms with van der Waals surface area (Å²) < 4.78 is 12.7. The summed E-state index contributed by atoms with van der Waals surface area (Å²) in [6.07, 6.45) is 0.782. The van der Waals surface area contributed by atoms with E-state index in [4.69, 9.17) is 5.73 Å². The molecule has 1 nitrogen and oxygen atoms in total. The zero-order valence-electron chi connectivity index (χ0n) is 6.82. The van der Waals surface area contributed by atoms with E-state index >= 15 is 0 Å². The smallest absolute Gasteiger partial charge is 0.123 e. The van der Waals surface area contributed by atoms with Crippen molar-refractivity contribution in [3.05, 3.63) is 29.1 Å². The van der Waals surface area contributed by atoms with Gasteiger partial charge < -0.3 is 5.73 Å². The van der Waals surface area contributed by atoms with Gasteiger partial charge in [0.15, 0.2) is 0 Å². The van der Waals surface area contributed by atoms with Crippen molar-refractivity contribution in [3.63, 3.8) is 0 Å². The van der Waals surface area contributed by atoms with E-state index in [0.717, 1.165) is 17.5 Å². The van der Waals surface area contributed by atoms with Gasteiger partial charge in [0.2, 0.25) is 0 Å². The molecule has 0 amide bonds. The Balaban J connectivity index is 3.24. The number of rotatable bonds is 1. The third-order valence-electron chi connectivity index (χ3n) is 1.82. The van der Waals surface area contributed by atoms with Crippen LogP contribution in [0.3, 0.4) is 0 Å². The first-order chi connectivity index (χ1) is 5.15. The summed E-state index contributed by atoms with van der Waals surface area (Å²) in [5.74, 6) is -0.200. The van der Waals surface area contributed by atoms with E-state index in [1.165, 1.54) is 12.1 Å². The van der Waals surface area contributed by atoms with E-state index in [9.17, 15) is 4.39 Å². The highest BCUT2D eigenvalue weighted by atomic mass is 19.1. The lowest BCUT2D eigenvalue weighted by molar-refractivity contribution is 0.625. The Morgan fingerprint density at radius 3 is 2.64 bits per heavy atom. The van der Waals surface area contributed by atoms with Crippen molar-refractivity contribution in [2.24, 2.45) is 0 Å². The average Bonchev–Trinajstić information content (AvgIpc) is 1.96. The van der Waals surface area contributed by atoms with Crippen LogP contribution in [-0.2, 0) is 6.42 Å². The van der Waals surface area contributed by atoms with Gasteiger partial charge in [-0.25, -0.2) is 4.39 Å². The van der Waals surface area contributed by atoms with E-state index in [2.05, 4.69) is 0 Å². The largest absolute Gasteiger partial charge is 0.398 e. The molecule has 1 rings (SSSR count). The Kier molecular flexibility index (Phi) is 2.13. The summed E-state index contributed by atoms with van der Waals surface area (Å²) >= 11 is 0. The van der Waals surface area contributed by atoms with Crippen LogP contribution in [0.5, 0.6) is 0 Å². The zero-order valence-corrected chi connectivity index (χ0v) is 6.82. The standard InChI is InChI=1S/C9H12FN/c1-3-7-5-8(10)4-6(2)9(7)11/h4-5H,3,11H2,1-2H3. The van der Waals surface area contributed by atoms with Gasteiger partial charge in [0.05, 0.1) is 0 Å². The van der Waals surface area contributed by atoms with Crippen molar-refractivity contribution in [1.82, 2.24) is 0 Å². The van der Waals surface area contributed by atoms with E-state index < -0.39 is 0 Å². The van der Waals surface area contributed by atoms with Crippen LogP contribution < -0.4 is 5.73 Å². The molecular formula is C9H12FN. The average molecular weight is 153 g/mol. The van der Waals surface area contributed by atoms with Crippen molar-refractivity contribution < 1.29 is 4.39 Å². The van der Waals surface area contributed by atoms with Crippen molar-refractivity contribution in [3.8, 4) is 0 Å². The Bertz CT molecular complexity index is 269. The summed E-state index contributed by atoms with van der Waals surface area (Å²) in [5, 5.41) is 0. The molecule has 0 fully saturated rings. The summed E-state index contributed by atoms with van der Waals surface area (Å²) in [6, 6.07) is 2.94. The number of anilines is 1. The maximum Gasteiger partial charge on any atom is 0.123 e. The Hall–Kier alpha value is -1.05. The van der Waals surface area contributed by atoms with Gasteiger partial charge >= 0.3 is 0 Å². The van der Waals surface area contributed by atoms with Crippen LogP contribution in [0.1, 0.15) is 18.1 Å². The molecule has 0 unspecified atom stereocenters. The van der Waals surface area contributed by atoms with E-state index in [0.29, 0.717) is 5.69 Å². The lowest BCUT2D eigenvalue weighted by Crippen LogP contribution is -1.97. The predicted molar refractivity (Wildman–Crippen MR) is 44.9 cm³/mol. The number of halogens is 1. The van der Waals surface area contributed by atoms with Crippen molar-refractivity contribution in [1.29, 1.82) is 0 Å². The number of nitrogen functional groups attached to an aromatic ring is 1. The molecule has 0 saturated carbocycles. The van der Waals surface area contributed by atoms with Gasteiger partial charge in [-0.1, -0.05) is 6.92 Å². The first-order valence-corrected chi connectivity index (χ1v) is 3.69. The summed E-state index contributed by atoms with van der Waals surface area (Å²) in [6.45, 7) is 3.78. The Morgan fingerprint density at radius 2 is 2.09 bits per heavy atom. The molecule has 60 valence electrons. The van der Waals surface area contributed by atoms with Crippen LogP contribution in [0.4, 0.5) is 10.1 Å². The molecule has 0 bridgehead atoms. The number of nitrogens with two attached hydrogens (primary N) is 1. The summed E-state index contributed by atoms with van der Waals surface area (Å²) in [4.78, 5) is 0. The molecule has 0 aromatic heterocycles. The van der Waals surface area contributed by atoms with Crippen LogP contribution >= 0.6 is 0 Å². The molecule has 0 atom stereocenters.